The van der Waals surface area contributed by atoms with Gasteiger partial charge in [0.05, 0.1) is 11.1 Å². The quantitative estimate of drug-likeness (QED) is 0.856. The van der Waals surface area contributed by atoms with E-state index in [9.17, 15) is 14.0 Å². The maximum atomic E-state index is 13.0. The molecule has 0 atom stereocenters. The van der Waals surface area contributed by atoms with Gasteiger partial charge in [0.25, 0.3) is 0 Å². The minimum Gasteiger partial charge on any atom is -0.478 e. The smallest absolute Gasteiger partial charge is 0.335 e. The molecular weight excluding hydrogens is 309 g/mol. The topological polar surface area (TPSA) is 66.4 Å². The van der Waals surface area contributed by atoms with Gasteiger partial charge >= 0.3 is 5.97 Å². The largest absolute Gasteiger partial charge is 0.478 e. The van der Waals surface area contributed by atoms with Gasteiger partial charge in [-0.25, -0.2) is 9.18 Å². The van der Waals surface area contributed by atoms with Crippen LogP contribution in [0, 0.1) is 5.82 Å². The highest BCUT2D eigenvalue weighted by Crippen LogP contribution is 2.45. The highest BCUT2D eigenvalue weighted by atomic mass is 19.1. The number of hydrogen-bond acceptors (Lipinski definition) is 2. The van der Waals surface area contributed by atoms with Crippen molar-refractivity contribution in [3.63, 3.8) is 0 Å². The second-order valence-corrected chi connectivity index (χ2v) is 6.10. The van der Waals surface area contributed by atoms with E-state index in [-0.39, 0.29) is 23.7 Å². The summed E-state index contributed by atoms with van der Waals surface area (Å²) in [6.07, 6.45) is 2.24. The monoisotopic (exact) mass is 327 g/mol. The molecule has 1 aliphatic carbocycles. The first-order valence-corrected chi connectivity index (χ1v) is 7.88. The molecule has 0 bridgehead atoms. The van der Waals surface area contributed by atoms with Crippen LogP contribution in [0.5, 0.6) is 0 Å². The summed E-state index contributed by atoms with van der Waals surface area (Å²) in [4.78, 5) is 23.4. The van der Waals surface area contributed by atoms with E-state index >= 15 is 0 Å². The number of carbonyl (C=O) groups is 2. The molecule has 0 saturated heterocycles. The molecule has 0 spiro atoms. The summed E-state index contributed by atoms with van der Waals surface area (Å²) in [7, 11) is 0. The van der Waals surface area contributed by atoms with Crippen molar-refractivity contribution < 1.29 is 19.1 Å². The first-order valence-electron chi connectivity index (χ1n) is 7.88. The molecule has 4 nitrogen and oxygen atoms in total. The summed E-state index contributed by atoms with van der Waals surface area (Å²) in [5.41, 5.74) is 1.39. The Morgan fingerprint density at radius 3 is 2.38 bits per heavy atom. The number of hydrogen-bond donors (Lipinski definition) is 2. The molecule has 24 heavy (non-hydrogen) atoms. The molecular formula is C19H18FNO3. The van der Waals surface area contributed by atoms with Crippen LogP contribution in [-0.2, 0) is 16.8 Å². The van der Waals surface area contributed by atoms with Crippen molar-refractivity contribution in [3.8, 4) is 0 Å². The standard InChI is InChI=1S/C19H18FNO3/c20-15-8-6-14(7-9-15)19(11-12-19)21-17(22)10-5-13-3-1-2-4-16(13)18(23)24/h1-4,6-9H,5,10-12H2,(H,21,22)(H,23,24). The molecule has 1 fully saturated rings. The van der Waals surface area contributed by atoms with Gasteiger partial charge in [0.1, 0.15) is 5.82 Å². The highest BCUT2D eigenvalue weighted by molar-refractivity contribution is 5.89. The van der Waals surface area contributed by atoms with Crippen molar-refractivity contribution in [1.82, 2.24) is 5.32 Å². The summed E-state index contributed by atoms with van der Waals surface area (Å²) in [5, 5.41) is 12.2. The molecule has 0 aromatic heterocycles. The normalized spacial score (nSPS) is 14.9. The third-order valence-corrected chi connectivity index (χ3v) is 4.39. The number of rotatable bonds is 6. The summed E-state index contributed by atoms with van der Waals surface area (Å²) in [5.74, 6) is -1.42. The molecule has 124 valence electrons. The average Bonchev–Trinajstić information content (AvgIpc) is 3.34. The Labute approximate surface area is 139 Å². The summed E-state index contributed by atoms with van der Waals surface area (Å²) < 4.78 is 13.0. The van der Waals surface area contributed by atoms with Gasteiger partial charge in [0, 0.05) is 6.42 Å². The predicted molar refractivity (Wildman–Crippen MR) is 87.2 cm³/mol. The molecule has 2 aromatic carbocycles. The van der Waals surface area contributed by atoms with Gasteiger partial charge in [-0.15, -0.1) is 0 Å². The van der Waals surface area contributed by atoms with Crippen LogP contribution in [-0.4, -0.2) is 17.0 Å². The number of benzene rings is 2. The van der Waals surface area contributed by atoms with E-state index in [0.29, 0.717) is 12.0 Å². The summed E-state index contributed by atoms with van der Waals surface area (Å²) >= 11 is 0. The van der Waals surface area contributed by atoms with Gasteiger partial charge in [0.15, 0.2) is 0 Å². The van der Waals surface area contributed by atoms with Crippen LogP contribution in [0.1, 0.15) is 40.7 Å². The van der Waals surface area contributed by atoms with Crippen LogP contribution in [0.2, 0.25) is 0 Å². The van der Waals surface area contributed by atoms with Crippen molar-refractivity contribution in [2.45, 2.75) is 31.2 Å². The molecule has 0 aliphatic heterocycles. The van der Waals surface area contributed by atoms with E-state index in [2.05, 4.69) is 5.32 Å². The molecule has 5 heteroatoms. The van der Waals surface area contributed by atoms with Gasteiger partial charge in [-0.1, -0.05) is 30.3 Å². The lowest BCUT2D eigenvalue weighted by Crippen LogP contribution is -2.35. The Morgan fingerprint density at radius 2 is 1.75 bits per heavy atom. The number of aromatic carboxylic acids is 1. The number of carboxylic acids is 1. The minimum atomic E-state index is -0.990. The Bertz CT molecular complexity index is 766. The molecule has 0 radical (unpaired) electrons. The van der Waals surface area contributed by atoms with E-state index in [1.807, 2.05) is 0 Å². The van der Waals surface area contributed by atoms with Crippen molar-refractivity contribution >= 4 is 11.9 Å². The van der Waals surface area contributed by atoms with Crippen molar-refractivity contribution in [2.75, 3.05) is 0 Å². The molecule has 1 amide bonds. The Kier molecular flexibility index (Phi) is 4.34. The maximum absolute atomic E-state index is 13.0. The maximum Gasteiger partial charge on any atom is 0.335 e. The fraction of sp³-hybridized carbons (Fsp3) is 0.263. The van der Waals surface area contributed by atoms with Crippen LogP contribution in [0.15, 0.2) is 48.5 Å². The fourth-order valence-corrected chi connectivity index (χ4v) is 2.90. The number of halogens is 1. The fourth-order valence-electron chi connectivity index (χ4n) is 2.90. The van der Waals surface area contributed by atoms with Crippen molar-refractivity contribution in [1.29, 1.82) is 0 Å². The minimum absolute atomic E-state index is 0.128. The number of carboxylic acid groups (broad SMARTS) is 1. The van der Waals surface area contributed by atoms with Crippen LogP contribution >= 0.6 is 0 Å². The third kappa shape index (κ3) is 3.45. The SMILES string of the molecule is O=C(CCc1ccccc1C(=O)O)NC1(c2ccc(F)cc2)CC1. The third-order valence-electron chi connectivity index (χ3n) is 4.39. The van der Waals surface area contributed by atoms with E-state index < -0.39 is 11.5 Å². The van der Waals surface area contributed by atoms with E-state index in [1.165, 1.54) is 18.2 Å². The molecule has 1 aliphatic rings. The summed E-state index contributed by atoms with van der Waals surface area (Å²) in [6, 6.07) is 12.9. The predicted octanol–water partition coefficient (Wildman–Crippen LogP) is 3.26. The zero-order valence-electron chi connectivity index (χ0n) is 13.1. The van der Waals surface area contributed by atoms with Crippen LogP contribution in [0.25, 0.3) is 0 Å². The number of carbonyl (C=O) groups excluding carboxylic acids is 1. The zero-order chi connectivity index (χ0) is 17.2. The van der Waals surface area contributed by atoms with E-state index in [1.54, 1.807) is 30.3 Å². The molecule has 2 N–H and O–H groups in total. The second-order valence-electron chi connectivity index (χ2n) is 6.10. The van der Waals surface area contributed by atoms with Gasteiger partial charge in [-0.05, 0) is 48.6 Å². The first-order chi connectivity index (χ1) is 11.5. The van der Waals surface area contributed by atoms with Crippen LogP contribution in [0.3, 0.4) is 0 Å². The van der Waals surface area contributed by atoms with Gasteiger partial charge < -0.3 is 10.4 Å². The molecule has 0 unspecified atom stereocenters. The van der Waals surface area contributed by atoms with E-state index in [4.69, 9.17) is 5.11 Å². The van der Waals surface area contributed by atoms with Gasteiger partial charge in [-0.3, -0.25) is 4.79 Å². The van der Waals surface area contributed by atoms with Crippen LogP contribution in [0.4, 0.5) is 4.39 Å². The van der Waals surface area contributed by atoms with Gasteiger partial charge in [0.2, 0.25) is 5.91 Å². The lowest BCUT2D eigenvalue weighted by molar-refractivity contribution is -0.122. The Balaban J connectivity index is 1.62. The lowest BCUT2D eigenvalue weighted by Gasteiger charge is -2.18. The Morgan fingerprint density at radius 1 is 1.08 bits per heavy atom. The number of nitrogens with one attached hydrogen (secondary N) is 1. The highest BCUT2D eigenvalue weighted by Gasteiger charge is 2.45. The number of aryl methyl sites for hydroxylation is 1. The van der Waals surface area contributed by atoms with Crippen molar-refractivity contribution in [3.05, 3.63) is 71.0 Å². The zero-order valence-corrected chi connectivity index (χ0v) is 13.1. The van der Waals surface area contributed by atoms with Crippen LogP contribution < -0.4 is 5.32 Å². The molecule has 0 heterocycles. The first kappa shape index (κ1) is 16.2. The number of amides is 1. The Hall–Kier alpha value is -2.69. The average molecular weight is 327 g/mol. The molecule has 2 aromatic rings. The second kappa shape index (κ2) is 6.43. The van der Waals surface area contributed by atoms with E-state index in [0.717, 1.165) is 18.4 Å². The summed E-state index contributed by atoms with van der Waals surface area (Å²) in [6.45, 7) is 0. The lowest BCUT2D eigenvalue weighted by atomic mass is 10.0. The van der Waals surface area contributed by atoms with Crippen molar-refractivity contribution in [2.24, 2.45) is 0 Å². The van der Waals surface area contributed by atoms with Gasteiger partial charge in [-0.2, -0.15) is 0 Å². The molecule has 3 rings (SSSR count). The molecule has 1 saturated carbocycles.